The smallest absolute Gasteiger partial charge is 0.163 e. The number of aryl methyl sites for hydroxylation is 1. The van der Waals surface area contributed by atoms with Crippen molar-refractivity contribution in [1.82, 2.24) is 14.8 Å². The molecule has 0 bridgehead atoms. The predicted molar refractivity (Wildman–Crippen MR) is 85.7 cm³/mol. The van der Waals surface area contributed by atoms with E-state index < -0.39 is 0 Å². The molecule has 21 heavy (non-hydrogen) atoms. The van der Waals surface area contributed by atoms with Crippen molar-refractivity contribution in [3.05, 3.63) is 52.1 Å². The van der Waals surface area contributed by atoms with Gasteiger partial charge in [0.25, 0.3) is 0 Å². The summed E-state index contributed by atoms with van der Waals surface area (Å²) in [5, 5.41) is 8.54. The first kappa shape index (κ1) is 12.9. The number of anilines is 1. The fourth-order valence-corrected chi connectivity index (χ4v) is 3.96. The minimum absolute atomic E-state index is 0.717. The van der Waals surface area contributed by atoms with Crippen molar-refractivity contribution in [3.63, 3.8) is 0 Å². The zero-order valence-corrected chi connectivity index (χ0v) is 13.0. The van der Waals surface area contributed by atoms with Gasteiger partial charge in [-0.15, -0.1) is 11.3 Å². The van der Waals surface area contributed by atoms with Gasteiger partial charge in [0, 0.05) is 11.6 Å². The first-order chi connectivity index (χ1) is 10.2. The van der Waals surface area contributed by atoms with Gasteiger partial charge in [-0.3, -0.25) is 0 Å². The molecule has 4 rings (SSSR count). The average Bonchev–Trinajstić information content (AvgIpc) is 3.05. The molecule has 3 heterocycles. The third-order valence-corrected chi connectivity index (χ3v) is 5.04. The molecule has 0 fully saturated rings. The fourth-order valence-electron chi connectivity index (χ4n) is 2.70. The van der Waals surface area contributed by atoms with Crippen molar-refractivity contribution in [2.24, 2.45) is 0 Å². The highest BCUT2D eigenvalue weighted by Crippen LogP contribution is 2.42. The quantitative estimate of drug-likeness (QED) is 0.718. The van der Waals surface area contributed by atoms with E-state index in [9.17, 15) is 0 Å². The van der Waals surface area contributed by atoms with Crippen molar-refractivity contribution >= 4 is 27.9 Å². The Labute approximate surface area is 131 Å². The molecule has 1 aliphatic rings. The van der Waals surface area contributed by atoms with Crippen LogP contribution in [0.2, 0.25) is 5.02 Å². The SMILES string of the molecule is Cc1csc2c1-c1ncnn1CN2Cc1cccc(Cl)c1. The molecule has 2 aromatic heterocycles. The van der Waals surface area contributed by atoms with Gasteiger partial charge in [0.15, 0.2) is 5.82 Å². The summed E-state index contributed by atoms with van der Waals surface area (Å²) in [6.07, 6.45) is 1.62. The van der Waals surface area contributed by atoms with Gasteiger partial charge >= 0.3 is 0 Å². The average molecular weight is 317 g/mol. The number of thiophene rings is 1. The molecule has 1 aromatic carbocycles. The molecular weight excluding hydrogens is 304 g/mol. The van der Waals surface area contributed by atoms with Crippen molar-refractivity contribution < 1.29 is 0 Å². The van der Waals surface area contributed by atoms with Gasteiger partial charge in [0.2, 0.25) is 0 Å². The Bertz CT molecular complexity index is 808. The number of aromatic nitrogens is 3. The van der Waals surface area contributed by atoms with Gasteiger partial charge in [0.05, 0.1) is 5.56 Å². The van der Waals surface area contributed by atoms with Gasteiger partial charge in [-0.05, 0) is 35.6 Å². The first-order valence-corrected chi connectivity index (χ1v) is 7.94. The molecule has 0 spiro atoms. The van der Waals surface area contributed by atoms with Gasteiger partial charge in [-0.1, -0.05) is 23.7 Å². The molecule has 0 unspecified atom stereocenters. The van der Waals surface area contributed by atoms with Crippen molar-refractivity contribution in [2.75, 3.05) is 4.90 Å². The second-order valence-electron chi connectivity index (χ2n) is 5.15. The predicted octanol–water partition coefficient (Wildman–Crippen LogP) is 3.95. The Morgan fingerprint density at radius 2 is 2.29 bits per heavy atom. The van der Waals surface area contributed by atoms with E-state index in [1.54, 1.807) is 17.7 Å². The molecule has 3 aromatic rings. The minimum atomic E-state index is 0.717. The molecule has 1 aliphatic heterocycles. The molecule has 0 amide bonds. The maximum Gasteiger partial charge on any atom is 0.163 e. The lowest BCUT2D eigenvalue weighted by molar-refractivity contribution is 0.571. The third kappa shape index (κ3) is 2.13. The molecule has 0 saturated heterocycles. The second kappa shape index (κ2) is 4.86. The van der Waals surface area contributed by atoms with Crippen LogP contribution in [-0.2, 0) is 13.2 Å². The molecule has 0 aliphatic carbocycles. The summed E-state index contributed by atoms with van der Waals surface area (Å²) in [4.78, 5) is 6.72. The fraction of sp³-hybridized carbons (Fsp3) is 0.200. The molecular formula is C15H13ClN4S. The van der Waals surface area contributed by atoms with E-state index in [4.69, 9.17) is 11.6 Å². The van der Waals surface area contributed by atoms with Gasteiger partial charge in [-0.2, -0.15) is 5.10 Å². The first-order valence-electron chi connectivity index (χ1n) is 6.68. The maximum atomic E-state index is 6.09. The van der Waals surface area contributed by atoms with Crippen LogP contribution < -0.4 is 4.90 Å². The molecule has 106 valence electrons. The summed E-state index contributed by atoms with van der Waals surface area (Å²) in [7, 11) is 0. The monoisotopic (exact) mass is 316 g/mol. The number of halogens is 1. The Hall–Kier alpha value is -1.85. The van der Waals surface area contributed by atoms with Gasteiger partial charge in [-0.25, -0.2) is 9.67 Å². The number of benzene rings is 1. The van der Waals surface area contributed by atoms with E-state index in [0.29, 0.717) is 0 Å². The summed E-state index contributed by atoms with van der Waals surface area (Å²) >= 11 is 7.85. The Balaban J connectivity index is 1.75. The molecule has 0 radical (unpaired) electrons. The van der Waals surface area contributed by atoms with Crippen LogP contribution >= 0.6 is 22.9 Å². The van der Waals surface area contributed by atoms with Crippen LogP contribution in [0.15, 0.2) is 36.0 Å². The van der Waals surface area contributed by atoms with Crippen LogP contribution in [0.5, 0.6) is 0 Å². The van der Waals surface area contributed by atoms with Gasteiger partial charge < -0.3 is 4.90 Å². The van der Waals surface area contributed by atoms with E-state index in [-0.39, 0.29) is 0 Å². The van der Waals surface area contributed by atoms with E-state index >= 15 is 0 Å². The minimum Gasteiger partial charge on any atom is -0.339 e. The number of fused-ring (bicyclic) bond motifs is 3. The summed E-state index contributed by atoms with van der Waals surface area (Å²) in [6, 6.07) is 8.00. The molecule has 0 saturated carbocycles. The lowest BCUT2D eigenvalue weighted by Crippen LogP contribution is -2.29. The number of hydrogen-bond donors (Lipinski definition) is 0. The zero-order valence-electron chi connectivity index (χ0n) is 11.5. The van der Waals surface area contributed by atoms with E-state index in [0.717, 1.165) is 24.1 Å². The van der Waals surface area contributed by atoms with Crippen LogP contribution in [0, 0.1) is 6.92 Å². The number of nitrogens with zero attached hydrogens (tertiary/aromatic N) is 4. The highest BCUT2D eigenvalue weighted by atomic mass is 35.5. The zero-order chi connectivity index (χ0) is 14.4. The summed E-state index contributed by atoms with van der Waals surface area (Å²) in [5.41, 5.74) is 3.65. The van der Waals surface area contributed by atoms with Crippen molar-refractivity contribution in [1.29, 1.82) is 0 Å². The number of hydrogen-bond acceptors (Lipinski definition) is 4. The van der Waals surface area contributed by atoms with Crippen molar-refractivity contribution in [2.45, 2.75) is 20.1 Å². The summed E-state index contributed by atoms with van der Waals surface area (Å²) in [5.74, 6) is 0.964. The van der Waals surface area contributed by atoms with Crippen LogP contribution in [0.4, 0.5) is 5.00 Å². The topological polar surface area (TPSA) is 34.0 Å². The maximum absolute atomic E-state index is 6.09. The van der Waals surface area contributed by atoms with Crippen molar-refractivity contribution in [3.8, 4) is 11.4 Å². The van der Waals surface area contributed by atoms with Crippen LogP contribution in [0.1, 0.15) is 11.1 Å². The Kier molecular flexibility index (Phi) is 2.97. The Morgan fingerprint density at radius 3 is 3.14 bits per heavy atom. The van der Waals surface area contributed by atoms with Crippen LogP contribution in [-0.4, -0.2) is 14.8 Å². The lowest BCUT2D eigenvalue weighted by Gasteiger charge is -2.29. The van der Waals surface area contributed by atoms with E-state index in [1.165, 1.54) is 21.7 Å². The van der Waals surface area contributed by atoms with Crippen LogP contribution in [0.3, 0.4) is 0 Å². The normalized spacial score (nSPS) is 13.1. The molecule has 0 atom stereocenters. The van der Waals surface area contributed by atoms with E-state index in [2.05, 4.69) is 33.4 Å². The Morgan fingerprint density at radius 1 is 1.38 bits per heavy atom. The van der Waals surface area contributed by atoms with Gasteiger partial charge in [0.1, 0.15) is 18.0 Å². The second-order valence-corrected chi connectivity index (χ2v) is 6.45. The largest absolute Gasteiger partial charge is 0.339 e. The standard InChI is InChI=1S/C15H13ClN4S/c1-10-7-21-15-13(10)14-17-8-18-20(14)9-19(15)6-11-3-2-4-12(16)5-11/h2-5,7-8H,6,9H2,1H3. The molecule has 0 N–H and O–H groups in total. The summed E-state index contributed by atoms with van der Waals surface area (Å²) < 4.78 is 1.95. The molecule has 4 nitrogen and oxygen atoms in total. The summed E-state index contributed by atoms with van der Waals surface area (Å²) in [6.45, 7) is 3.65. The highest BCUT2D eigenvalue weighted by Gasteiger charge is 2.26. The van der Waals surface area contributed by atoms with Crippen LogP contribution in [0.25, 0.3) is 11.4 Å². The highest BCUT2D eigenvalue weighted by molar-refractivity contribution is 7.15. The third-order valence-electron chi connectivity index (χ3n) is 3.65. The van der Waals surface area contributed by atoms with E-state index in [1.807, 2.05) is 22.9 Å². The number of rotatable bonds is 2. The lowest BCUT2D eigenvalue weighted by atomic mass is 10.1. The molecule has 6 heteroatoms.